The van der Waals surface area contributed by atoms with Gasteiger partial charge in [-0.25, -0.2) is 0 Å². The van der Waals surface area contributed by atoms with Gasteiger partial charge in [0.25, 0.3) is 10.1 Å². The third-order valence-corrected chi connectivity index (χ3v) is 10.8. The molecule has 0 saturated heterocycles. The highest BCUT2D eigenvalue weighted by Crippen LogP contribution is 2.45. The predicted octanol–water partition coefficient (Wildman–Crippen LogP) is 10.5. The molecule has 3 saturated carbocycles. The van der Waals surface area contributed by atoms with Gasteiger partial charge in [0, 0.05) is 0 Å². The fourth-order valence-electron chi connectivity index (χ4n) is 7.72. The van der Waals surface area contributed by atoms with Crippen LogP contribution >= 0.6 is 0 Å². The van der Waals surface area contributed by atoms with Gasteiger partial charge >= 0.3 is 0 Å². The van der Waals surface area contributed by atoms with Gasteiger partial charge in [0.1, 0.15) is 16.4 Å². The first-order chi connectivity index (χ1) is 20.0. The molecule has 3 aromatic rings. The average molecular weight is 573 g/mol. The maximum atomic E-state index is 13.0. The van der Waals surface area contributed by atoms with Gasteiger partial charge in [-0.15, -0.1) is 0 Å². The molecule has 3 fully saturated rings. The molecule has 0 radical (unpaired) electrons. The summed E-state index contributed by atoms with van der Waals surface area (Å²) in [5.41, 5.74) is 5.17. The third kappa shape index (κ3) is 6.73. The van der Waals surface area contributed by atoms with Crippen molar-refractivity contribution in [2.75, 3.05) is 0 Å². The number of hydrogen-bond donors (Lipinski definition) is 1. The molecule has 0 unspecified atom stereocenters. The van der Waals surface area contributed by atoms with E-state index in [1.165, 1.54) is 56.1 Å². The summed E-state index contributed by atoms with van der Waals surface area (Å²) in [6.07, 6.45) is 16.8. The normalized spacial score (nSPS) is 19.7. The van der Waals surface area contributed by atoms with Crippen LogP contribution in [0.1, 0.15) is 131 Å². The highest BCUT2D eigenvalue weighted by Gasteiger charge is 2.31. The molecule has 6 rings (SSSR count). The van der Waals surface area contributed by atoms with E-state index >= 15 is 0 Å². The van der Waals surface area contributed by atoms with Crippen LogP contribution in [0.15, 0.2) is 65.6 Å². The van der Waals surface area contributed by atoms with Gasteiger partial charge in [0.05, 0.1) is 0 Å². The third-order valence-electron chi connectivity index (χ3n) is 9.82. The Balaban J connectivity index is 1.45. The molecule has 0 aliphatic heterocycles. The molecule has 0 spiro atoms. The molecular weight excluding hydrogens is 528 g/mol. The fourth-order valence-corrected chi connectivity index (χ4v) is 8.77. The van der Waals surface area contributed by atoms with E-state index in [4.69, 9.17) is 4.74 Å². The lowest BCUT2D eigenvalue weighted by Gasteiger charge is -2.29. The number of hydrogen-bond acceptors (Lipinski definition) is 3. The Morgan fingerprint density at radius 2 is 1.05 bits per heavy atom. The van der Waals surface area contributed by atoms with Crippen LogP contribution in [-0.2, 0) is 10.1 Å². The highest BCUT2D eigenvalue weighted by atomic mass is 32.2. The zero-order chi connectivity index (χ0) is 28.2. The van der Waals surface area contributed by atoms with Crippen LogP contribution in [0, 0.1) is 0 Å². The van der Waals surface area contributed by atoms with E-state index in [1.807, 2.05) is 18.2 Å². The number of benzene rings is 3. The van der Waals surface area contributed by atoms with E-state index in [2.05, 4.69) is 42.5 Å². The summed E-state index contributed by atoms with van der Waals surface area (Å²) in [4.78, 5) is 0.171. The molecule has 0 bridgehead atoms. The first-order valence-electron chi connectivity index (χ1n) is 16.0. The molecule has 0 heterocycles. The van der Waals surface area contributed by atoms with Crippen molar-refractivity contribution in [2.45, 2.75) is 119 Å². The minimum Gasteiger partial charge on any atom is -0.457 e. The van der Waals surface area contributed by atoms with E-state index in [9.17, 15) is 13.0 Å². The molecule has 218 valence electrons. The van der Waals surface area contributed by atoms with Crippen LogP contribution in [-0.4, -0.2) is 13.0 Å². The first-order valence-corrected chi connectivity index (χ1v) is 17.4. The lowest BCUT2D eigenvalue weighted by atomic mass is 9.79. The van der Waals surface area contributed by atoms with Crippen molar-refractivity contribution in [3.05, 3.63) is 77.4 Å². The Hall–Kier alpha value is -2.63. The van der Waals surface area contributed by atoms with Crippen LogP contribution in [0.5, 0.6) is 11.5 Å². The summed E-state index contributed by atoms with van der Waals surface area (Å²) in [5, 5.41) is 0. The maximum absolute atomic E-state index is 13.0. The molecular formula is C36H44O4S. The fraction of sp³-hybridized carbons (Fsp3) is 0.500. The lowest BCUT2D eigenvalue weighted by molar-refractivity contribution is 0.413. The van der Waals surface area contributed by atoms with Crippen molar-refractivity contribution in [1.82, 2.24) is 0 Å². The summed E-state index contributed by atoms with van der Waals surface area (Å²) < 4.78 is 43.2. The second-order valence-electron chi connectivity index (χ2n) is 12.7. The van der Waals surface area contributed by atoms with Gasteiger partial charge in [-0.3, -0.25) is 4.55 Å². The van der Waals surface area contributed by atoms with E-state index in [0.29, 0.717) is 11.7 Å². The molecule has 41 heavy (non-hydrogen) atoms. The van der Waals surface area contributed by atoms with Crippen LogP contribution in [0.2, 0.25) is 0 Å². The monoisotopic (exact) mass is 572 g/mol. The average Bonchev–Trinajstić information content (AvgIpc) is 3.02. The first kappa shape index (κ1) is 28.5. The van der Waals surface area contributed by atoms with Gasteiger partial charge in [0.2, 0.25) is 0 Å². The van der Waals surface area contributed by atoms with Gasteiger partial charge in [-0.2, -0.15) is 8.42 Å². The summed E-state index contributed by atoms with van der Waals surface area (Å²) in [7, 11) is -4.37. The molecule has 0 amide bonds. The van der Waals surface area contributed by atoms with Gasteiger partial charge < -0.3 is 4.74 Å². The second-order valence-corrected chi connectivity index (χ2v) is 14.0. The Bertz CT molecular complexity index is 1390. The Morgan fingerprint density at radius 1 is 0.561 bits per heavy atom. The molecule has 1 N–H and O–H groups in total. The summed E-state index contributed by atoms with van der Waals surface area (Å²) in [6, 6.07) is 21.0. The van der Waals surface area contributed by atoms with Crippen molar-refractivity contribution in [2.24, 2.45) is 0 Å². The highest BCUT2D eigenvalue weighted by molar-refractivity contribution is 7.86. The zero-order valence-corrected chi connectivity index (χ0v) is 25.0. The molecule has 3 aliphatic carbocycles. The summed E-state index contributed by atoms with van der Waals surface area (Å²) in [5.74, 6) is 2.28. The topological polar surface area (TPSA) is 63.6 Å². The predicted molar refractivity (Wildman–Crippen MR) is 166 cm³/mol. The Morgan fingerprint density at radius 3 is 1.56 bits per heavy atom. The zero-order valence-electron chi connectivity index (χ0n) is 24.2. The minimum absolute atomic E-state index is 0.125. The molecule has 3 aromatic carbocycles. The van der Waals surface area contributed by atoms with Crippen molar-refractivity contribution in [3.63, 3.8) is 0 Å². The quantitative estimate of drug-likeness (QED) is 0.286. The smallest absolute Gasteiger partial charge is 0.295 e. The van der Waals surface area contributed by atoms with Crippen LogP contribution in [0.4, 0.5) is 0 Å². The Kier molecular flexibility index (Phi) is 8.83. The molecule has 0 aromatic heterocycles. The largest absolute Gasteiger partial charge is 0.457 e. The SMILES string of the molecule is O=S(=O)(O)c1c(C2CCCCC2)cc(Oc2cc(-c3ccccc3)cc(C3CCCCC3)c2)cc1C1CCCCC1. The lowest BCUT2D eigenvalue weighted by Crippen LogP contribution is -2.16. The van der Waals surface area contributed by atoms with Crippen LogP contribution in [0.25, 0.3) is 11.1 Å². The van der Waals surface area contributed by atoms with E-state index < -0.39 is 10.1 Å². The van der Waals surface area contributed by atoms with Crippen molar-refractivity contribution >= 4 is 10.1 Å². The number of ether oxygens (including phenoxy) is 1. The van der Waals surface area contributed by atoms with Gasteiger partial charge in [0.15, 0.2) is 0 Å². The molecule has 4 nitrogen and oxygen atoms in total. The summed E-state index contributed by atoms with van der Waals surface area (Å²) >= 11 is 0. The van der Waals surface area contributed by atoms with Gasteiger partial charge in [-0.1, -0.05) is 94.2 Å². The van der Waals surface area contributed by atoms with Crippen LogP contribution in [0.3, 0.4) is 0 Å². The van der Waals surface area contributed by atoms with Crippen molar-refractivity contribution < 1.29 is 17.7 Å². The van der Waals surface area contributed by atoms with Gasteiger partial charge in [-0.05, 0) is 108 Å². The second kappa shape index (κ2) is 12.7. The standard InChI is InChI=1S/C36H44O4S/c37-41(38,39)36-34(28-17-9-3-10-18-28)24-33(25-35(36)29-19-11-4-12-20-29)40-32-22-30(26-13-5-1-6-14-26)21-31(23-32)27-15-7-2-8-16-27/h1,5-6,13-14,21-25,27-29H,2-4,7-12,15-20H2,(H,37,38,39). The minimum atomic E-state index is -4.37. The molecule has 5 heteroatoms. The van der Waals surface area contributed by atoms with Crippen LogP contribution < -0.4 is 4.74 Å². The number of rotatable bonds is 7. The summed E-state index contributed by atoms with van der Waals surface area (Å²) in [6.45, 7) is 0. The van der Waals surface area contributed by atoms with E-state index in [0.717, 1.165) is 73.8 Å². The molecule has 0 atom stereocenters. The van der Waals surface area contributed by atoms with Crippen molar-refractivity contribution in [3.8, 4) is 22.6 Å². The Labute approximate surface area is 246 Å². The van der Waals surface area contributed by atoms with Crippen molar-refractivity contribution in [1.29, 1.82) is 0 Å². The molecule has 3 aliphatic rings. The van der Waals surface area contributed by atoms with E-state index in [-0.39, 0.29) is 16.7 Å². The maximum Gasteiger partial charge on any atom is 0.295 e. The van der Waals surface area contributed by atoms with E-state index in [1.54, 1.807) is 0 Å².